The number of likely N-dealkylation sites (N-methyl/N-ethyl adjacent to an activating group) is 1. The summed E-state index contributed by atoms with van der Waals surface area (Å²) in [5, 5.41) is 21.4. The molecule has 2 amide bonds. The van der Waals surface area contributed by atoms with Crippen LogP contribution in [0, 0.1) is 5.92 Å². The number of anilines is 1. The number of nitrogens with zero attached hydrogens (tertiary/aromatic N) is 2. The van der Waals surface area contributed by atoms with Gasteiger partial charge in [-0.05, 0) is 49.9 Å². The van der Waals surface area contributed by atoms with Crippen LogP contribution in [0.5, 0.6) is 5.75 Å². The number of carboxylic acids is 1. The molecule has 0 fully saturated rings. The molecule has 224 valence electrons. The zero-order valence-corrected chi connectivity index (χ0v) is 23.3. The molecule has 0 radical (unpaired) electrons. The molecule has 3 rings (SSSR count). The van der Waals surface area contributed by atoms with Gasteiger partial charge in [0.15, 0.2) is 0 Å². The van der Waals surface area contributed by atoms with Crippen molar-refractivity contribution in [3.05, 3.63) is 59.2 Å². The van der Waals surface area contributed by atoms with E-state index in [-0.39, 0.29) is 36.1 Å². The van der Waals surface area contributed by atoms with E-state index >= 15 is 0 Å². The first-order valence-corrected chi connectivity index (χ1v) is 13.3. The number of aliphatic hydroxyl groups is 1. The molecular formula is C29H36F3N3O6. The Morgan fingerprint density at radius 1 is 1.20 bits per heavy atom. The van der Waals surface area contributed by atoms with E-state index in [4.69, 9.17) is 9.84 Å². The van der Waals surface area contributed by atoms with Crippen LogP contribution >= 0.6 is 0 Å². The second-order valence-corrected chi connectivity index (χ2v) is 10.6. The van der Waals surface area contributed by atoms with E-state index in [9.17, 15) is 32.7 Å². The maximum Gasteiger partial charge on any atom is 0.389 e. The largest absolute Gasteiger partial charge is 0.488 e. The maximum atomic E-state index is 13.3. The Morgan fingerprint density at radius 3 is 2.49 bits per heavy atom. The number of amides is 2. The lowest BCUT2D eigenvalue weighted by Gasteiger charge is -2.34. The minimum atomic E-state index is -4.45. The van der Waals surface area contributed by atoms with Crippen LogP contribution < -0.4 is 10.1 Å². The molecule has 0 aromatic heterocycles. The molecule has 0 saturated heterocycles. The first-order valence-electron chi connectivity index (χ1n) is 13.3. The van der Waals surface area contributed by atoms with Crippen molar-refractivity contribution in [1.82, 2.24) is 9.80 Å². The molecule has 1 aliphatic rings. The molecule has 2 aromatic rings. The van der Waals surface area contributed by atoms with Crippen molar-refractivity contribution in [3.63, 3.8) is 0 Å². The van der Waals surface area contributed by atoms with Gasteiger partial charge in [-0.1, -0.05) is 19.1 Å². The number of carbonyl (C=O) groups is 3. The van der Waals surface area contributed by atoms with Crippen LogP contribution in [-0.4, -0.2) is 82.9 Å². The lowest BCUT2D eigenvalue weighted by Crippen LogP contribution is -2.47. The third kappa shape index (κ3) is 9.46. The second kappa shape index (κ2) is 13.8. The van der Waals surface area contributed by atoms with E-state index in [0.717, 1.165) is 5.56 Å². The molecule has 3 N–H and O–H groups in total. The number of hydrogen-bond acceptors (Lipinski definition) is 6. The van der Waals surface area contributed by atoms with Gasteiger partial charge in [-0.15, -0.1) is 0 Å². The summed E-state index contributed by atoms with van der Waals surface area (Å²) in [6.45, 7) is 4.73. The van der Waals surface area contributed by atoms with Crippen molar-refractivity contribution < 1.29 is 42.5 Å². The van der Waals surface area contributed by atoms with Crippen LogP contribution in [0.2, 0.25) is 0 Å². The fourth-order valence-corrected chi connectivity index (χ4v) is 4.64. The molecule has 0 spiro atoms. The number of alkyl halides is 3. The predicted octanol–water partition coefficient (Wildman–Crippen LogP) is 3.95. The smallest absolute Gasteiger partial charge is 0.389 e. The van der Waals surface area contributed by atoms with Crippen LogP contribution in [-0.2, 0) is 22.6 Å². The van der Waals surface area contributed by atoms with Crippen molar-refractivity contribution in [2.24, 2.45) is 5.92 Å². The van der Waals surface area contributed by atoms with E-state index in [0.29, 0.717) is 30.9 Å². The predicted molar refractivity (Wildman–Crippen MR) is 146 cm³/mol. The fraction of sp³-hybridized carbons (Fsp3) is 0.483. The summed E-state index contributed by atoms with van der Waals surface area (Å²) in [6.07, 6.45) is -6.89. The molecule has 9 nitrogen and oxygen atoms in total. The number of ether oxygens (including phenoxy) is 1. The summed E-state index contributed by atoms with van der Waals surface area (Å²) in [5.41, 5.74) is 1.81. The van der Waals surface area contributed by atoms with Gasteiger partial charge < -0.3 is 25.2 Å². The average Bonchev–Trinajstić information content (AvgIpc) is 2.94. The first-order chi connectivity index (χ1) is 19.3. The van der Waals surface area contributed by atoms with Crippen LogP contribution in [0.4, 0.5) is 18.9 Å². The number of rotatable bonds is 10. The minimum absolute atomic E-state index is 0.0862. The molecule has 12 heteroatoms. The van der Waals surface area contributed by atoms with Gasteiger partial charge in [0.1, 0.15) is 11.9 Å². The highest BCUT2D eigenvalue weighted by atomic mass is 19.4. The Balaban J connectivity index is 1.83. The lowest BCUT2D eigenvalue weighted by atomic mass is 10.0. The Labute approximate surface area is 236 Å². The standard InChI is InChI=1S/C29H36F3N3O6/c1-18-14-35(19(2)17-36)27(38)13-22-12-23(33-26(37)10-11-29(30,31)32)8-9-24(22)41-25(18)16-34(3)15-20-4-6-21(7-5-20)28(39)40/h4-9,12,18-19,25,36H,10-11,13-17H2,1-3H3,(H,33,37)(H,39,40)/t18-,19+,25+/m1/s1. The van der Waals surface area contributed by atoms with Gasteiger partial charge in [0.05, 0.1) is 31.1 Å². The SMILES string of the molecule is C[C@@H]1CN([C@@H](C)CO)C(=O)Cc2cc(NC(=O)CCC(F)(F)F)ccc2O[C@H]1CN(C)Cc1ccc(C(=O)O)cc1. The van der Waals surface area contributed by atoms with Crippen molar-refractivity contribution in [1.29, 1.82) is 0 Å². The van der Waals surface area contributed by atoms with E-state index in [1.54, 1.807) is 42.2 Å². The zero-order valence-electron chi connectivity index (χ0n) is 23.3. The van der Waals surface area contributed by atoms with Gasteiger partial charge in [-0.2, -0.15) is 13.2 Å². The van der Waals surface area contributed by atoms with Crippen molar-refractivity contribution in [2.45, 2.75) is 58.0 Å². The van der Waals surface area contributed by atoms with Gasteiger partial charge in [0.2, 0.25) is 11.8 Å². The van der Waals surface area contributed by atoms with Gasteiger partial charge in [-0.25, -0.2) is 4.79 Å². The molecule has 2 aromatic carbocycles. The highest BCUT2D eigenvalue weighted by Gasteiger charge is 2.31. The number of benzene rings is 2. The van der Waals surface area contributed by atoms with E-state index < -0.39 is 43.0 Å². The highest BCUT2D eigenvalue weighted by molar-refractivity contribution is 5.91. The molecule has 0 bridgehead atoms. The van der Waals surface area contributed by atoms with Crippen molar-refractivity contribution in [3.8, 4) is 5.75 Å². The monoisotopic (exact) mass is 579 g/mol. The van der Waals surface area contributed by atoms with E-state index in [1.807, 2.05) is 18.9 Å². The molecule has 0 saturated carbocycles. The summed E-state index contributed by atoms with van der Waals surface area (Å²) < 4.78 is 44.0. The van der Waals surface area contributed by atoms with E-state index in [1.165, 1.54) is 12.1 Å². The van der Waals surface area contributed by atoms with Crippen LogP contribution in [0.3, 0.4) is 0 Å². The Hall–Kier alpha value is -3.64. The van der Waals surface area contributed by atoms with Gasteiger partial charge >= 0.3 is 12.1 Å². The van der Waals surface area contributed by atoms with Crippen LogP contribution in [0.15, 0.2) is 42.5 Å². The second-order valence-electron chi connectivity index (χ2n) is 10.6. The fourth-order valence-electron chi connectivity index (χ4n) is 4.64. The summed E-state index contributed by atoms with van der Waals surface area (Å²) in [4.78, 5) is 40.2. The number of fused-ring (bicyclic) bond motifs is 1. The van der Waals surface area contributed by atoms with Gasteiger partial charge in [0.25, 0.3) is 0 Å². The summed E-state index contributed by atoms with van der Waals surface area (Å²) in [7, 11) is 1.90. The van der Waals surface area contributed by atoms with Crippen LogP contribution in [0.1, 0.15) is 48.2 Å². The number of aliphatic hydroxyl groups excluding tert-OH is 1. The average molecular weight is 580 g/mol. The first kappa shape index (κ1) is 31.9. The molecule has 1 aliphatic heterocycles. The third-order valence-corrected chi connectivity index (χ3v) is 6.98. The lowest BCUT2D eigenvalue weighted by molar-refractivity contribution is -0.142. The highest BCUT2D eigenvalue weighted by Crippen LogP contribution is 2.30. The molecule has 41 heavy (non-hydrogen) atoms. The number of hydrogen-bond donors (Lipinski definition) is 3. The molecule has 0 aliphatic carbocycles. The van der Waals surface area contributed by atoms with Crippen molar-refractivity contribution >= 4 is 23.5 Å². The summed E-state index contributed by atoms with van der Waals surface area (Å²) in [6, 6.07) is 10.8. The van der Waals surface area contributed by atoms with Crippen LogP contribution in [0.25, 0.3) is 0 Å². The zero-order chi connectivity index (χ0) is 30.3. The van der Waals surface area contributed by atoms with E-state index in [2.05, 4.69) is 5.32 Å². The number of halogens is 3. The molecule has 1 heterocycles. The number of nitrogens with one attached hydrogen (secondary N) is 1. The topological polar surface area (TPSA) is 119 Å². The Kier molecular flexibility index (Phi) is 10.7. The number of aromatic carboxylic acids is 1. The number of carbonyl (C=O) groups excluding carboxylic acids is 2. The summed E-state index contributed by atoms with van der Waals surface area (Å²) >= 11 is 0. The van der Waals surface area contributed by atoms with Crippen molar-refractivity contribution in [2.75, 3.05) is 32.1 Å². The molecule has 3 atom stereocenters. The molecular weight excluding hydrogens is 543 g/mol. The Bertz CT molecular complexity index is 1220. The summed E-state index contributed by atoms with van der Waals surface area (Å²) in [5.74, 6) is -1.79. The normalized spacial score (nSPS) is 18.5. The molecule has 0 unspecified atom stereocenters. The maximum absolute atomic E-state index is 13.3. The minimum Gasteiger partial charge on any atom is -0.488 e. The Morgan fingerprint density at radius 2 is 1.88 bits per heavy atom. The third-order valence-electron chi connectivity index (χ3n) is 6.98. The quantitative estimate of drug-likeness (QED) is 0.390. The van der Waals surface area contributed by atoms with Gasteiger partial charge in [0, 0.05) is 43.2 Å². The number of carboxylic acid groups (broad SMARTS) is 1. The van der Waals surface area contributed by atoms with Gasteiger partial charge in [-0.3, -0.25) is 14.5 Å².